The van der Waals surface area contributed by atoms with Gasteiger partial charge in [0.25, 0.3) is 0 Å². The molecule has 0 unspecified atom stereocenters. The molecule has 9 heteroatoms. The Morgan fingerprint density at radius 1 is 1.19 bits per heavy atom. The second-order valence-corrected chi connectivity index (χ2v) is 9.13. The fourth-order valence-corrected chi connectivity index (χ4v) is 5.00. The fraction of sp³-hybridized carbons (Fsp3) is 0.364. The number of nitrogens with one attached hydrogen (secondary N) is 1. The largest absolute Gasteiger partial charge is 0.462 e. The zero-order valence-electron chi connectivity index (χ0n) is 18.3. The number of amides is 1. The number of carbonyl (C=O) groups excluding carboxylic acids is 2. The maximum Gasteiger partial charge on any atom is 0.341 e. The van der Waals surface area contributed by atoms with Crippen molar-refractivity contribution >= 4 is 40.0 Å². The number of anilines is 1. The minimum atomic E-state index is -0.416. The minimum absolute atomic E-state index is 0.157. The van der Waals surface area contributed by atoms with E-state index in [2.05, 4.69) is 21.6 Å². The highest BCUT2D eigenvalue weighted by Crippen LogP contribution is 2.33. The number of rotatable bonds is 8. The normalized spacial score (nSPS) is 10.9. The summed E-state index contributed by atoms with van der Waals surface area (Å²) in [5.41, 5.74) is 3.41. The number of aryl methyl sites for hydroxylation is 2. The molecule has 7 nitrogen and oxygen atoms in total. The molecule has 0 bridgehead atoms. The molecular weight excluding hydrogens is 432 g/mol. The van der Waals surface area contributed by atoms with Gasteiger partial charge >= 0.3 is 5.97 Å². The Kier molecular flexibility index (Phi) is 7.50. The number of hydrogen-bond acceptors (Lipinski definition) is 7. The number of thiophene rings is 1. The van der Waals surface area contributed by atoms with Crippen LogP contribution in [0.3, 0.4) is 0 Å². The molecule has 2 aromatic heterocycles. The highest BCUT2D eigenvalue weighted by Gasteiger charge is 2.22. The van der Waals surface area contributed by atoms with Crippen LogP contribution in [0, 0.1) is 20.8 Å². The first-order valence-electron chi connectivity index (χ1n) is 10.1. The van der Waals surface area contributed by atoms with Crippen molar-refractivity contribution in [1.29, 1.82) is 0 Å². The molecule has 0 aliphatic carbocycles. The van der Waals surface area contributed by atoms with Crippen LogP contribution < -0.4 is 5.32 Å². The first kappa shape index (κ1) is 23.0. The van der Waals surface area contributed by atoms with Crippen LogP contribution in [0.1, 0.15) is 40.2 Å². The molecule has 1 amide bonds. The average Bonchev–Trinajstić information content (AvgIpc) is 3.27. The van der Waals surface area contributed by atoms with E-state index in [1.165, 1.54) is 23.1 Å². The third-order valence-electron chi connectivity index (χ3n) is 4.76. The molecular formula is C22H26N4O3S2. The van der Waals surface area contributed by atoms with E-state index in [1.54, 1.807) is 6.92 Å². The quantitative estimate of drug-likeness (QED) is 0.383. The van der Waals surface area contributed by atoms with Gasteiger partial charge in [-0.2, -0.15) is 0 Å². The molecule has 0 aliphatic heterocycles. The SMILES string of the molecule is CCOC(=O)c1c(NC(=O)CSc2nnc(-c3cccc(C)c3)n2CC)sc(C)c1C. The van der Waals surface area contributed by atoms with E-state index in [1.807, 2.05) is 50.5 Å². The van der Waals surface area contributed by atoms with Crippen LogP contribution in [0.5, 0.6) is 0 Å². The molecule has 31 heavy (non-hydrogen) atoms. The Hall–Kier alpha value is -2.65. The second kappa shape index (κ2) is 10.1. The van der Waals surface area contributed by atoms with Gasteiger partial charge in [0.05, 0.1) is 17.9 Å². The maximum absolute atomic E-state index is 12.6. The van der Waals surface area contributed by atoms with Crippen LogP contribution in [-0.2, 0) is 16.1 Å². The third-order valence-corrected chi connectivity index (χ3v) is 6.85. The van der Waals surface area contributed by atoms with Crippen molar-refractivity contribution in [3.63, 3.8) is 0 Å². The van der Waals surface area contributed by atoms with Gasteiger partial charge in [0.2, 0.25) is 5.91 Å². The molecule has 0 radical (unpaired) electrons. The zero-order valence-corrected chi connectivity index (χ0v) is 19.9. The smallest absolute Gasteiger partial charge is 0.341 e. The summed E-state index contributed by atoms with van der Waals surface area (Å²) < 4.78 is 7.14. The number of thioether (sulfide) groups is 1. The number of hydrogen-bond donors (Lipinski definition) is 1. The van der Waals surface area contributed by atoms with E-state index in [0.717, 1.165) is 27.4 Å². The standard InChI is InChI=1S/C22H26N4O3S2/c1-6-26-19(16-10-8-9-13(3)11-16)24-25-22(26)30-12-17(27)23-20-18(21(28)29-7-2)14(4)15(5)31-20/h8-11H,6-7,12H2,1-5H3,(H,23,27). The number of carbonyl (C=O) groups is 2. The van der Waals surface area contributed by atoms with Gasteiger partial charge in [-0.05, 0) is 46.2 Å². The first-order valence-corrected chi connectivity index (χ1v) is 11.9. The fourth-order valence-electron chi connectivity index (χ4n) is 3.14. The maximum atomic E-state index is 12.6. The Morgan fingerprint density at radius 2 is 1.97 bits per heavy atom. The van der Waals surface area contributed by atoms with E-state index in [9.17, 15) is 9.59 Å². The van der Waals surface area contributed by atoms with Crippen molar-refractivity contribution in [2.45, 2.75) is 46.3 Å². The lowest BCUT2D eigenvalue weighted by atomic mass is 10.1. The highest BCUT2D eigenvalue weighted by molar-refractivity contribution is 7.99. The van der Waals surface area contributed by atoms with Crippen LogP contribution in [0.25, 0.3) is 11.4 Å². The van der Waals surface area contributed by atoms with Crippen molar-refractivity contribution in [2.75, 3.05) is 17.7 Å². The van der Waals surface area contributed by atoms with E-state index in [0.29, 0.717) is 22.3 Å². The molecule has 0 aliphatic rings. The minimum Gasteiger partial charge on any atom is -0.462 e. The monoisotopic (exact) mass is 458 g/mol. The van der Waals surface area contributed by atoms with Crippen LogP contribution >= 0.6 is 23.1 Å². The molecule has 3 rings (SSSR count). The van der Waals surface area contributed by atoms with Gasteiger partial charge in [0, 0.05) is 17.0 Å². The lowest BCUT2D eigenvalue weighted by Crippen LogP contribution is -2.17. The molecule has 0 atom stereocenters. The Morgan fingerprint density at radius 3 is 2.65 bits per heavy atom. The molecule has 3 aromatic rings. The Labute approximate surface area is 190 Å². The van der Waals surface area contributed by atoms with Crippen molar-refractivity contribution < 1.29 is 14.3 Å². The summed E-state index contributed by atoms with van der Waals surface area (Å²) in [5.74, 6) is 0.313. The zero-order chi connectivity index (χ0) is 22.5. The van der Waals surface area contributed by atoms with Gasteiger partial charge in [-0.15, -0.1) is 21.5 Å². The van der Waals surface area contributed by atoms with Crippen molar-refractivity contribution in [1.82, 2.24) is 14.8 Å². The molecule has 0 fully saturated rings. The van der Waals surface area contributed by atoms with Crippen LogP contribution in [0.2, 0.25) is 0 Å². The summed E-state index contributed by atoms with van der Waals surface area (Å²) in [6.07, 6.45) is 0. The Balaban J connectivity index is 1.73. The summed E-state index contributed by atoms with van der Waals surface area (Å²) in [4.78, 5) is 25.9. The van der Waals surface area contributed by atoms with Gasteiger partial charge in [0.1, 0.15) is 5.00 Å². The van der Waals surface area contributed by atoms with Gasteiger partial charge in [-0.3, -0.25) is 4.79 Å². The summed E-state index contributed by atoms with van der Waals surface area (Å²) >= 11 is 2.70. The first-order chi connectivity index (χ1) is 14.8. The number of esters is 1. The molecule has 0 saturated carbocycles. The molecule has 1 aromatic carbocycles. The van der Waals surface area contributed by atoms with Crippen LogP contribution in [0.4, 0.5) is 5.00 Å². The lowest BCUT2D eigenvalue weighted by molar-refractivity contribution is -0.113. The summed E-state index contributed by atoms with van der Waals surface area (Å²) in [6.45, 7) is 10.6. The summed E-state index contributed by atoms with van der Waals surface area (Å²) in [5, 5.41) is 12.7. The van der Waals surface area contributed by atoms with Gasteiger partial charge in [0.15, 0.2) is 11.0 Å². The topological polar surface area (TPSA) is 86.1 Å². The number of nitrogens with zero attached hydrogens (tertiary/aromatic N) is 3. The number of aromatic nitrogens is 3. The predicted octanol–water partition coefficient (Wildman–Crippen LogP) is 4.86. The molecule has 2 heterocycles. The van der Waals surface area contributed by atoms with Crippen molar-refractivity contribution in [3.05, 3.63) is 45.8 Å². The summed E-state index contributed by atoms with van der Waals surface area (Å²) in [7, 11) is 0. The van der Waals surface area contributed by atoms with Gasteiger partial charge < -0.3 is 14.6 Å². The van der Waals surface area contributed by atoms with Crippen LogP contribution in [0.15, 0.2) is 29.4 Å². The van der Waals surface area contributed by atoms with E-state index in [4.69, 9.17) is 4.74 Å². The van der Waals surface area contributed by atoms with Crippen molar-refractivity contribution in [3.8, 4) is 11.4 Å². The van der Waals surface area contributed by atoms with Crippen molar-refractivity contribution in [2.24, 2.45) is 0 Å². The molecule has 164 valence electrons. The number of benzene rings is 1. The predicted molar refractivity (Wildman–Crippen MR) is 125 cm³/mol. The second-order valence-electron chi connectivity index (χ2n) is 6.96. The number of ether oxygens (including phenoxy) is 1. The molecule has 1 N–H and O–H groups in total. The third kappa shape index (κ3) is 5.16. The molecule has 0 spiro atoms. The average molecular weight is 459 g/mol. The van der Waals surface area contributed by atoms with E-state index in [-0.39, 0.29) is 18.3 Å². The van der Waals surface area contributed by atoms with Gasteiger partial charge in [-0.25, -0.2) is 4.79 Å². The van der Waals surface area contributed by atoms with E-state index < -0.39 is 5.97 Å². The summed E-state index contributed by atoms with van der Waals surface area (Å²) in [6, 6.07) is 8.10. The van der Waals surface area contributed by atoms with E-state index >= 15 is 0 Å². The lowest BCUT2D eigenvalue weighted by Gasteiger charge is -2.09. The van der Waals surface area contributed by atoms with Crippen LogP contribution in [-0.4, -0.2) is 39.0 Å². The molecule has 0 saturated heterocycles. The Bertz CT molecular complexity index is 1100. The highest BCUT2D eigenvalue weighted by atomic mass is 32.2. The van der Waals surface area contributed by atoms with Gasteiger partial charge in [-0.1, -0.05) is 35.5 Å².